The minimum atomic E-state index is 0.0185. The molecule has 0 aliphatic carbocycles. The monoisotopic (exact) mass is 274 g/mol. The van der Waals surface area contributed by atoms with Gasteiger partial charge in [0.15, 0.2) is 18.1 Å². The van der Waals surface area contributed by atoms with Crippen LogP contribution in [0.15, 0.2) is 24.3 Å². The van der Waals surface area contributed by atoms with Gasteiger partial charge >= 0.3 is 0 Å². The van der Waals surface area contributed by atoms with E-state index in [0.717, 1.165) is 18.7 Å². The fourth-order valence-corrected chi connectivity index (χ4v) is 1.67. The van der Waals surface area contributed by atoms with E-state index in [0.29, 0.717) is 17.4 Å². The van der Waals surface area contributed by atoms with Gasteiger partial charge in [-0.05, 0) is 30.2 Å². The van der Waals surface area contributed by atoms with Gasteiger partial charge in [0.2, 0.25) is 0 Å². The Kier molecular flexibility index (Phi) is 7.23. The summed E-state index contributed by atoms with van der Waals surface area (Å²) >= 11 is 0. The average molecular weight is 274 g/mol. The highest BCUT2D eigenvalue weighted by Gasteiger charge is 2.04. The van der Waals surface area contributed by atoms with Crippen molar-refractivity contribution in [3.8, 4) is 17.6 Å². The van der Waals surface area contributed by atoms with Gasteiger partial charge in [-0.2, -0.15) is 5.26 Å². The maximum Gasteiger partial charge on any atom is 0.174 e. The van der Waals surface area contributed by atoms with Crippen molar-refractivity contribution in [1.82, 2.24) is 5.32 Å². The second kappa shape index (κ2) is 9.00. The molecule has 0 radical (unpaired) electrons. The van der Waals surface area contributed by atoms with Crippen LogP contribution in [0.25, 0.3) is 6.08 Å². The number of nitrogens with one attached hydrogen (secondary N) is 1. The molecule has 0 heterocycles. The minimum Gasteiger partial charge on any atom is -0.493 e. The van der Waals surface area contributed by atoms with E-state index in [1.54, 1.807) is 7.11 Å². The molecule has 0 saturated heterocycles. The third-order valence-corrected chi connectivity index (χ3v) is 2.60. The molecular formula is C16H22N2O2. The normalized spacial score (nSPS) is 10.8. The van der Waals surface area contributed by atoms with E-state index in [1.807, 2.05) is 30.3 Å². The molecule has 1 N–H and O–H groups in total. The van der Waals surface area contributed by atoms with E-state index >= 15 is 0 Å². The molecule has 0 amide bonds. The first-order valence-electron chi connectivity index (χ1n) is 6.72. The number of nitriles is 1. The fraction of sp³-hybridized carbons (Fsp3) is 0.438. The van der Waals surface area contributed by atoms with Crippen molar-refractivity contribution in [1.29, 1.82) is 5.26 Å². The summed E-state index contributed by atoms with van der Waals surface area (Å²) in [5, 5.41) is 11.9. The third kappa shape index (κ3) is 5.77. The van der Waals surface area contributed by atoms with Crippen molar-refractivity contribution >= 4 is 6.08 Å². The number of benzene rings is 1. The van der Waals surface area contributed by atoms with Gasteiger partial charge in [0.25, 0.3) is 0 Å². The Balaban J connectivity index is 2.59. The van der Waals surface area contributed by atoms with E-state index in [2.05, 4.69) is 25.2 Å². The summed E-state index contributed by atoms with van der Waals surface area (Å²) < 4.78 is 10.5. The van der Waals surface area contributed by atoms with Crippen molar-refractivity contribution in [2.24, 2.45) is 5.92 Å². The SMILES string of the molecule is COc1cc(C=CCNCC(C)C)ccc1OCC#N. The highest BCUT2D eigenvalue weighted by atomic mass is 16.5. The number of methoxy groups -OCH3 is 1. The maximum atomic E-state index is 8.52. The summed E-state index contributed by atoms with van der Waals surface area (Å²) in [4.78, 5) is 0. The number of hydrogen-bond acceptors (Lipinski definition) is 4. The molecule has 4 heteroatoms. The van der Waals surface area contributed by atoms with Crippen molar-refractivity contribution in [3.63, 3.8) is 0 Å². The Bertz CT molecular complexity index is 476. The first-order valence-corrected chi connectivity index (χ1v) is 6.72. The molecular weight excluding hydrogens is 252 g/mol. The van der Waals surface area contributed by atoms with E-state index in [-0.39, 0.29) is 6.61 Å². The lowest BCUT2D eigenvalue weighted by Crippen LogP contribution is -2.19. The van der Waals surface area contributed by atoms with Gasteiger partial charge in [0.05, 0.1) is 7.11 Å². The first-order chi connectivity index (χ1) is 9.67. The maximum absolute atomic E-state index is 8.52. The zero-order valence-electron chi connectivity index (χ0n) is 12.3. The molecule has 0 aromatic heterocycles. The van der Waals surface area contributed by atoms with Gasteiger partial charge in [-0.1, -0.05) is 32.1 Å². The summed E-state index contributed by atoms with van der Waals surface area (Å²) in [6.45, 7) is 6.23. The predicted molar refractivity (Wildman–Crippen MR) is 80.8 cm³/mol. The van der Waals surface area contributed by atoms with Crippen LogP contribution in [0.4, 0.5) is 0 Å². The predicted octanol–water partition coefficient (Wildman–Crippen LogP) is 2.86. The Morgan fingerprint density at radius 2 is 2.15 bits per heavy atom. The Morgan fingerprint density at radius 3 is 2.80 bits per heavy atom. The summed E-state index contributed by atoms with van der Waals surface area (Å²) in [6.07, 6.45) is 4.11. The molecule has 1 aromatic rings. The Morgan fingerprint density at radius 1 is 1.35 bits per heavy atom. The zero-order chi connectivity index (χ0) is 14.8. The quantitative estimate of drug-likeness (QED) is 0.741. The van der Waals surface area contributed by atoms with E-state index in [4.69, 9.17) is 14.7 Å². The highest BCUT2D eigenvalue weighted by Crippen LogP contribution is 2.28. The van der Waals surface area contributed by atoms with Crippen LogP contribution in [0.5, 0.6) is 11.5 Å². The van der Waals surface area contributed by atoms with Crippen molar-refractivity contribution in [2.45, 2.75) is 13.8 Å². The fourth-order valence-electron chi connectivity index (χ4n) is 1.67. The molecule has 0 aliphatic heterocycles. The molecule has 0 aliphatic rings. The molecule has 0 atom stereocenters. The van der Waals surface area contributed by atoms with Gasteiger partial charge in [-0.25, -0.2) is 0 Å². The molecule has 0 unspecified atom stereocenters. The third-order valence-electron chi connectivity index (χ3n) is 2.60. The standard InChI is InChI=1S/C16H22N2O2/c1-13(2)12-18-9-4-5-14-6-7-15(20-10-8-17)16(11-14)19-3/h4-7,11,13,18H,9-10,12H2,1-3H3. The topological polar surface area (TPSA) is 54.3 Å². The minimum absolute atomic E-state index is 0.0185. The summed E-state index contributed by atoms with van der Waals surface area (Å²) in [5.74, 6) is 1.88. The van der Waals surface area contributed by atoms with Gasteiger partial charge in [0.1, 0.15) is 6.07 Å². The van der Waals surface area contributed by atoms with Crippen molar-refractivity contribution in [2.75, 3.05) is 26.8 Å². The Hall–Kier alpha value is -1.99. The van der Waals surface area contributed by atoms with Crippen LogP contribution >= 0.6 is 0 Å². The number of rotatable bonds is 8. The molecule has 0 fully saturated rings. The van der Waals surface area contributed by atoms with E-state index in [1.165, 1.54) is 0 Å². The van der Waals surface area contributed by atoms with Gasteiger partial charge in [0, 0.05) is 6.54 Å². The summed E-state index contributed by atoms with van der Waals surface area (Å²) in [6, 6.07) is 7.59. The molecule has 0 bridgehead atoms. The van der Waals surface area contributed by atoms with Crippen LogP contribution in [-0.2, 0) is 0 Å². The van der Waals surface area contributed by atoms with Gasteiger partial charge in [-0.3, -0.25) is 0 Å². The summed E-state index contributed by atoms with van der Waals surface area (Å²) in [5.41, 5.74) is 1.04. The number of ether oxygens (including phenoxy) is 2. The second-order valence-electron chi connectivity index (χ2n) is 4.81. The average Bonchev–Trinajstić information content (AvgIpc) is 2.44. The lowest BCUT2D eigenvalue weighted by Gasteiger charge is -2.09. The van der Waals surface area contributed by atoms with Crippen LogP contribution < -0.4 is 14.8 Å². The zero-order valence-corrected chi connectivity index (χ0v) is 12.3. The number of nitrogens with zero attached hydrogens (tertiary/aromatic N) is 1. The lowest BCUT2D eigenvalue weighted by atomic mass is 10.2. The van der Waals surface area contributed by atoms with E-state index < -0.39 is 0 Å². The van der Waals surface area contributed by atoms with Crippen LogP contribution in [0.1, 0.15) is 19.4 Å². The molecule has 108 valence electrons. The van der Waals surface area contributed by atoms with Gasteiger partial charge < -0.3 is 14.8 Å². The molecule has 1 aromatic carbocycles. The highest BCUT2D eigenvalue weighted by molar-refractivity contribution is 5.56. The van der Waals surface area contributed by atoms with Crippen molar-refractivity contribution in [3.05, 3.63) is 29.8 Å². The molecule has 4 nitrogen and oxygen atoms in total. The molecule has 1 rings (SSSR count). The first kappa shape index (κ1) is 16.1. The van der Waals surface area contributed by atoms with Gasteiger partial charge in [-0.15, -0.1) is 0 Å². The second-order valence-corrected chi connectivity index (χ2v) is 4.81. The van der Waals surface area contributed by atoms with Crippen molar-refractivity contribution < 1.29 is 9.47 Å². The molecule has 20 heavy (non-hydrogen) atoms. The largest absolute Gasteiger partial charge is 0.493 e. The van der Waals surface area contributed by atoms with Crippen LogP contribution in [0.3, 0.4) is 0 Å². The van der Waals surface area contributed by atoms with E-state index in [9.17, 15) is 0 Å². The van der Waals surface area contributed by atoms with Crippen LogP contribution in [-0.4, -0.2) is 26.8 Å². The smallest absolute Gasteiger partial charge is 0.174 e. The molecule has 0 saturated carbocycles. The number of hydrogen-bond donors (Lipinski definition) is 1. The van der Waals surface area contributed by atoms with Crippen LogP contribution in [0, 0.1) is 17.2 Å². The summed E-state index contributed by atoms with van der Waals surface area (Å²) in [7, 11) is 1.59. The lowest BCUT2D eigenvalue weighted by molar-refractivity contribution is 0.329. The van der Waals surface area contributed by atoms with Crippen LogP contribution in [0.2, 0.25) is 0 Å². The molecule has 0 spiro atoms. The Labute approximate surface area is 121 Å².